The summed E-state index contributed by atoms with van der Waals surface area (Å²) in [6.45, 7) is 6.51. The number of likely N-dealkylation sites (tertiary alicyclic amines) is 1. The van der Waals surface area contributed by atoms with Crippen molar-refractivity contribution >= 4 is 5.91 Å². The van der Waals surface area contributed by atoms with Gasteiger partial charge in [0.25, 0.3) is 5.91 Å². The normalized spacial score (nSPS) is 23.8. The summed E-state index contributed by atoms with van der Waals surface area (Å²) in [5, 5.41) is 17.5. The predicted octanol–water partition coefficient (Wildman–Crippen LogP) is 0.183. The summed E-state index contributed by atoms with van der Waals surface area (Å²) in [5.74, 6) is -0.168. The van der Waals surface area contributed by atoms with Gasteiger partial charge in [0, 0.05) is 64.5 Å². The molecule has 1 aromatic carbocycles. The zero-order valence-corrected chi connectivity index (χ0v) is 16.5. The summed E-state index contributed by atoms with van der Waals surface area (Å²) in [6, 6.07) is 4.49. The molecule has 7 nitrogen and oxygen atoms in total. The molecule has 28 heavy (non-hydrogen) atoms. The lowest BCUT2D eigenvalue weighted by atomic mass is 9.91. The molecule has 0 saturated carbocycles. The van der Waals surface area contributed by atoms with Crippen molar-refractivity contribution in [1.29, 1.82) is 0 Å². The molecule has 0 spiro atoms. The maximum Gasteiger partial charge on any atom is 0.256 e. The average molecular weight is 394 g/mol. The number of hydrogen-bond acceptors (Lipinski definition) is 6. The number of ether oxygens (including phenoxy) is 1. The quantitative estimate of drug-likeness (QED) is 0.546. The van der Waals surface area contributed by atoms with E-state index in [1.807, 2.05) is 0 Å². The second-order valence-electron chi connectivity index (χ2n) is 7.59. The van der Waals surface area contributed by atoms with Crippen LogP contribution < -0.4 is 15.4 Å². The molecule has 3 rings (SSSR count). The molecule has 2 aliphatic rings. The largest absolute Gasteiger partial charge is 0.497 e. The monoisotopic (exact) mass is 394 g/mol. The number of carbonyl (C=O) groups excluding carboxylic acids is 1. The van der Waals surface area contributed by atoms with Crippen LogP contribution in [0.15, 0.2) is 18.2 Å². The molecule has 2 fully saturated rings. The van der Waals surface area contributed by atoms with Gasteiger partial charge in [0.1, 0.15) is 11.6 Å². The molecule has 8 heteroatoms. The first kappa shape index (κ1) is 21.0. The molecule has 0 radical (unpaired) electrons. The summed E-state index contributed by atoms with van der Waals surface area (Å²) >= 11 is 0. The Morgan fingerprint density at radius 2 is 2.11 bits per heavy atom. The minimum atomic E-state index is -1.43. The number of hydrogen-bond donors (Lipinski definition) is 3. The molecular weight excluding hydrogens is 363 g/mol. The van der Waals surface area contributed by atoms with Gasteiger partial charge in [-0.25, -0.2) is 4.39 Å². The lowest BCUT2D eigenvalue weighted by Gasteiger charge is -2.38. The molecule has 156 valence electrons. The van der Waals surface area contributed by atoms with Crippen LogP contribution in [-0.2, 0) is 11.3 Å². The van der Waals surface area contributed by atoms with E-state index in [9.17, 15) is 14.3 Å². The molecule has 2 aliphatic heterocycles. The van der Waals surface area contributed by atoms with Crippen molar-refractivity contribution in [1.82, 2.24) is 20.4 Å². The van der Waals surface area contributed by atoms with Crippen molar-refractivity contribution in [2.45, 2.75) is 25.0 Å². The minimum Gasteiger partial charge on any atom is -0.497 e. The van der Waals surface area contributed by atoms with Crippen molar-refractivity contribution < 1.29 is 19.0 Å². The molecule has 1 atom stereocenters. The number of benzene rings is 1. The van der Waals surface area contributed by atoms with Crippen LogP contribution in [0.5, 0.6) is 5.75 Å². The number of amides is 1. The number of piperidine rings is 1. The summed E-state index contributed by atoms with van der Waals surface area (Å²) in [5.41, 5.74) is -1.04. The van der Waals surface area contributed by atoms with Crippen LogP contribution in [0.2, 0.25) is 0 Å². The van der Waals surface area contributed by atoms with E-state index in [-0.39, 0.29) is 24.8 Å². The second kappa shape index (κ2) is 9.65. The topological polar surface area (TPSA) is 77.1 Å². The molecule has 1 amide bonds. The van der Waals surface area contributed by atoms with Crippen LogP contribution in [0.1, 0.15) is 18.4 Å². The molecule has 0 aromatic heterocycles. The fourth-order valence-electron chi connectivity index (χ4n) is 3.85. The number of nitrogens with zero attached hydrogens (tertiary/aromatic N) is 2. The van der Waals surface area contributed by atoms with E-state index >= 15 is 0 Å². The lowest BCUT2D eigenvalue weighted by Crippen LogP contribution is -2.58. The number of halogens is 1. The van der Waals surface area contributed by atoms with E-state index < -0.39 is 5.60 Å². The number of methoxy groups -OCH3 is 1. The highest BCUT2D eigenvalue weighted by Gasteiger charge is 2.41. The number of nitrogens with one attached hydrogen (secondary N) is 2. The minimum absolute atomic E-state index is 0.130. The van der Waals surface area contributed by atoms with Crippen LogP contribution in [-0.4, -0.2) is 85.9 Å². The maximum atomic E-state index is 14.1. The van der Waals surface area contributed by atoms with Crippen LogP contribution >= 0.6 is 0 Å². The molecular formula is C20H31FN4O3. The van der Waals surface area contributed by atoms with Gasteiger partial charge in [-0.15, -0.1) is 0 Å². The standard InChI is InChI=1S/C20H31FN4O3/c1-28-17-3-4-18(21)16(13-17)14-25-9-2-5-20(27,19(25)26)15-23-8-12-24-10-6-22-7-11-24/h3-4,13,22-23,27H,2,5-12,14-15H2,1H3/t20-/m0/s1. The number of aliphatic hydroxyl groups is 1. The number of piperazine rings is 1. The van der Waals surface area contributed by atoms with Crippen LogP contribution in [0, 0.1) is 5.82 Å². The van der Waals surface area contributed by atoms with Gasteiger partial charge < -0.3 is 25.4 Å². The first-order valence-corrected chi connectivity index (χ1v) is 10.00. The third-order valence-electron chi connectivity index (χ3n) is 5.55. The summed E-state index contributed by atoms with van der Waals surface area (Å²) < 4.78 is 19.3. The van der Waals surface area contributed by atoms with E-state index in [1.54, 1.807) is 17.0 Å². The van der Waals surface area contributed by atoms with Crippen molar-refractivity contribution in [2.24, 2.45) is 0 Å². The molecule has 0 aliphatic carbocycles. The zero-order chi connectivity index (χ0) is 20.0. The van der Waals surface area contributed by atoms with Gasteiger partial charge in [0.2, 0.25) is 0 Å². The van der Waals surface area contributed by atoms with Gasteiger partial charge in [-0.2, -0.15) is 0 Å². The third-order valence-corrected chi connectivity index (χ3v) is 5.55. The Morgan fingerprint density at radius 3 is 2.86 bits per heavy atom. The van der Waals surface area contributed by atoms with Gasteiger partial charge in [0.05, 0.1) is 7.11 Å². The van der Waals surface area contributed by atoms with Crippen LogP contribution in [0.25, 0.3) is 0 Å². The predicted molar refractivity (Wildman–Crippen MR) is 105 cm³/mol. The lowest BCUT2D eigenvalue weighted by molar-refractivity contribution is -0.157. The summed E-state index contributed by atoms with van der Waals surface area (Å²) in [6.07, 6.45) is 1.11. The Balaban J connectivity index is 1.53. The van der Waals surface area contributed by atoms with Crippen molar-refractivity contribution in [3.05, 3.63) is 29.6 Å². The zero-order valence-electron chi connectivity index (χ0n) is 16.5. The van der Waals surface area contributed by atoms with E-state index in [2.05, 4.69) is 15.5 Å². The highest BCUT2D eigenvalue weighted by molar-refractivity contribution is 5.86. The van der Waals surface area contributed by atoms with Crippen molar-refractivity contribution in [2.75, 3.05) is 59.5 Å². The number of rotatable bonds is 8. The smallest absolute Gasteiger partial charge is 0.256 e. The number of carbonyl (C=O) groups is 1. The fourth-order valence-corrected chi connectivity index (χ4v) is 3.85. The summed E-state index contributed by atoms with van der Waals surface area (Å²) in [7, 11) is 1.52. The highest BCUT2D eigenvalue weighted by Crippen LogP contribution is 2.25. The Hall–Kier alpha value is -1.74. The third kappa shape index (κ3) is 5.20. The first-order valence-electron chi connectivity index (χ1n) is 10.00. The maximum absolute atomic E-state index is 14.1. The molecule has 0 unspecified atom stereocenters. The molecule has 1 aromatic rings. The van der Waals surface area contributed by atoms with Crippen molar-refractivity contribution in [3.8, 4) is 5.75 Å². The van der Waals surface area contributed by atoms with Crippen LogP contribution in [0.4, 0.5) is 4.39 Å². The van der Waals surface area contributed by atoms with Gasteiger partial charge in [-0.05, 0) is 31.0 Å². The molecule has 0 bridgehead atoms. The van der Waals surface area contributed by atoms with Gasteiger partial charge in [0.15, 0.2) is 5.60 Å². The Labute approximate surface area is 165 Å². The first-order chi connectivity index (χ1) is 13.5. The SMILES string of the molecule is COc1ccc(F)c(CN2CCC[C@](O)(CNCCN3CCNCC3)C2=O)c1. The van der Waals surface area contributed by atoms with E-state index in [4.69, 9.17) is 4.74 Å². The van der Waals surface area contributed by atoms with Gasteiger partial charge in [-0.3, -0.25) is 9.69 Å². The van der Waals surface area contributed by atoms with Gasteiger partial charge >= 0.3 is 0 Å². The molecule has 2 saturated heterocycles. The Bertz CT molecular complexity index is 669. The molecule has 2 heterocycles. The average Bonchev–Trinajstić information content (AvgIpc) is 2.71. The van der Waals surface area contributed by atoms with Crippen LogP contribution in [0.3, 0.4) is 0 Å². The Morgan fingerprint density at radius 1 is 1.32 bits per heavy atom. The van der Waals surface area contributed by atoms with E-state index in [0.717, 1.165) is 39.3 Å². The highest BCUT2D eigenvalue weighted by atomic mass is 19.1. The second-order valence-corrected chi connectivity index (χ2v) is 7.59. The van der Waals surface area contributed by atoms with Crippen molar-refractivity contribution in [3.63, 3.8) is 0 Å². The fraction of sp³-hybridized carbons (Fsp3) is 0.650. The van der Waals surface area contributed by atoms with Gasteiger partial charge in [-0.1, -0.05) is 0 Å². The molecule has 3 N–H and O–H groups in total. The van der Waals surface area contributed by atoms with E-state index in [0.29, 0.717) is 30.7 Å². The Kier molecular flexibility index (Phi) is 7.23. The summed E-state index contributed by atoms with van der Waals surface area (Å²) in [4.78, 5) is 16.8. The van der Waals surface area contributed by atoms with E-state index in [1.165, 1.54) is 13.2 Å².